The van der Waals surface area contributed by atoms with Crippen molar-refractivity contribution in [2.24, 2.45) is 5.10 Å². The number of hydrazone groups is 1. The van der Waals surface area contributed by atoms with Crippen LogP contribution in [0.15, 0.2) is 41.5 Å². The third kappa shape index (κ3) is 5.22. The Bertz CT molecular complexity index is 1420. The van der Waals surface area contributed by atoms with Gasteiger partial charge in [-0.3, -0.25) is 14.3 Å². The zero-order valence-electron chi connectivity index (χ0n) is 18.5. The van der Waals surface area contributed by atoms with Crippen LogP contribution in [0.1, 0.15) is 28.7 Å². The quantitative estimate of drug-likeness (QED) is 0.522. The van der Waals surface area contributed by atoms with Crippen LogP contribution < -0.4 is 9.46 Å². The van der Waals surface area contributed by atoms with Gasteiger partial charge in [0.05, 0.1) is 29.6 Å². The number of imidazole rings is 1. The number of halogens is 1. The van der Waals surface area contributed by atoms with Gasteiger partial charge in [0.15, 0.2) is 11.6 Å². The largest absolute Gasteiger partial charge is 0.491 e. The lowest BCUT2D eigenvalue weighted by Crippen LogP contribution is -2.40. The molecule has 4 rings (SSSR count). The zero-order valence-corrected chi connectivity index (χ0v) is 19.3. The number of benzene rings is 2. The fourth-order valence-corrected chi connectivity index (χ4v) is 4.16. The number of carbonyl (C=O) groups is 2. The summed E-state index contributed by atoms with van der Waals surface area (Å²) in [4.78, 5) is 32.7. The number of aromatic amines is 1. The van der Waals surface area contributed by atoms with Crippen molar-refractivity contribution >= 4 is 38.6 Å². The van der Waals surface area contributed by atoms with Gasteiger partial charge in [0.25, 0.3) is 11.8 Å². The highest BCUT2D eigenvalue weighted by atomic mass is 32.2. The van der Waals surface area contributed by atoms with E-state index < -0.39 is 34.2 Å². The van der Waals surface area contributed by atoms with Gasteiger partial charge in [0.2, 0.25) is 10.0 Å². The van der Waals surface area contributed by atoms with E-state index in [9.17, 15) is 22.4 Å². The smallest absolute Gasteiger partial charge is 0.274 e. The number of rotatable bonds is 7. The molecule has 1 aliphatic heterocycles. The number of hydrogen-bond acceptors (Lipinski definition) is 7. The highest BCUT2D eigenvalue weighted by molar-refractivity contribution is 7.89. The summed E-state index contributed by atoms with van der Waals surface area (Å²) in [5, 5.41) is 5.30. The van der Waals surface area contributed by atoms with Crippen LogP contribution in [0.5, 0.6) is 5.75 Å². The van der Waals surface area contributed by atoms with E-state index in [1.54, 1.807) is 31.2 Å². The molecule has 2 amide bonds. The van der Waals surface area contributed by atoms with E-state index >= 15 is 0 Å². The van der Waals surface area contributed by atoms with Gasteiger partial charge in [-0.2, -0.15) is 5.10 Å². The zero-order chi connectivity index (χ0) is 24.5. The molecule has 3 aromatic rings. The Morgan fingerprint density at radius 2 is 2.06 bits per heavy atom. The predicted octanol–water partition coefficient (Wildman–Crippen LogP) is 1.77. The topological polar surface area (TPSA) is 134 Å². The maximum Gasteiger partial charge on any atom is 0.274 e. The highest BCUT2D eigenvalue weighted by Crippen LogP contribution is 2.24. The molecule has 34 heavy (non-hydrogen) atoms. The SMILES string of the molecule is CCOc1cc2nc(CC3=NN(CC(=O)NS(C)(=O)=O)C(=O)c4ccccc4C3)[nH]c2cc1F. The van der Waals surface area contributed by atoms with Crippen LogP contribution in [0.4, 0.5) is 4.39 Å². The van der Waals surface area contributed by atoms with Crippen LogP contribution in [0.3, 0.4) is 0 Å². The Hall–Kier alpha value is -3.80. The number of hydrogen-bond donors (Lipinski definition) is 2. The molecule has 12 heteroatoms. The van der Waals surface area contributed by atoms with E-state index in [-0.39, 0.29) is 12.2 Å². The first-order valence-electron chi connectivity index (χ1n) is 10.4. The van der Waals surface area contributed by atoms with Gasteiger partial charge in [0.1, 0.15) is 12.4 Å². The first-order chi connectivity index (χ1) is 16.1. The van der Waals surface area contributed by atoms with Crippen molar-refractivity contribution in [1.82, 2.24) is 19.7 Å². The summed E-state index contributed by atoms with van der Waals surface area (Å²) in [5.74, 6) is -1.35. The molecule has 0 fully saturated rings. The molecular formula is C22H22FN5O5S. The van der Waals surface area contributed by atoms with Gasteiger partial charge >= 0.3 is 0 Å². The summed E-state index contributed by atoms with van der Waals surface area (Å²) in [7, 11) is -3.79. The second-order valence-electron chi connectivity index (χ2n) is 7.75. The maximum atomic E-state index is 14.2. The summed E-state index contributed by atoms with van der Waals surface area (Å²) < 4.78 is 44.1. The number of ether oxygens (including phenoxy) is 1. The molecule has 178 valence electrons. The van der Waals surface area contributed by atoms with Gasteiger partial charge in [-0.15, -0.1) is 0 Å². The number of fused-ring (bicyclic) bond motifs is 2. The molecule has 0 bridgehead atoms. The maximum absolute atomic E-state index is 14.2. The van der Waals surface area contributed by atoms with Crippen LogP contribution >= 0.6 is 0 Å². The summed E-state index contributed by atoms with van der Waals surface area (Å²) in [5.41, 5.74) is 2.57. The summed E-state index contributed by atoms with van der Waals surface area (Å²) >= 11 is 0. The predicted molar refractivity (Wildman–Crippen MR) is 123 cm³/mol. The van der Waals surface area contributed by atoms with E-state index in [2.05, 4.69) is 15.1 Å². The van der Waals surface area contributed by atoms with Crippen molar-refractivity contribution in [3.05, 3.63) is 59.2 Å². The van der Waals surface area contributed by atoms with Crippen molar-refractivity contribution in [2.75, 3.05) is 19.4 Å². The first kappa shape index (κ1) is 23.4. The van der Waals surface area contributed by atoms with E-state index in [1.165, 1.54) is 12.1 Å². The lowest BCUT2D eigenvalue weighted by atomic mass is 10.0. The van der Waals surface area contributed by atoms with Crippen molar-refractivity contribution < 1.29 is 27.1 Å². The molecule has 2 heterocycles. The van der Waals surface area contributed by atoms with E-state index in [0.29, 0.717) is 46.7 Å². The minimum absolute atomic E-state index is 0.0995. The fraction of sp³-hybridized carbons (Fsp3) is 0.273. The highest BCUT2D eigenvalue weighted by Gasteiger charge is 2.26. The molecule has 10 nitrogen and oxygen atoms in total. The summed E-state index contributed by atoms with van der Waals surface area (Å²) in [6.45, 7) is 1.49. The Labute approximate surface area is 194 Å². The normalized spacial score (nSPS) is 13.9. The third-order valence-corrected chi connectivity index (χ3v) is 5.59. The Balaban J connectivity index is 1.66. The number of aromatic nitrogens is 2. The Morgan fingerprint density at radius 1 is 1.29 bits per heavy atom. The molecule has 0 radical (unpaired) electrons. The van der Waals surface area contributed by atoms with Gasteiger partial charge in [-0.05, 0) is 18.6 Å². The van der Waals surface area contributed by atoms with Crippen LogP contribution in [-0.4, -0.2) is 60.3 Å². The van der Waals surface area contributed by atoms with Crippen LogP contribution in [0.25, 0.3) is 11.0 Å². The number of nitrogens with one attached hydrogen (secondary N) is 2. The number of H-pyrrole nitrogens is 1. The monoisotopic (exact) mass is 487 g/mol. The van der Waals surface area contributed by atoms with Gasteiger partial charge < -0.3 is 9.72 Å². The van der Waals surface area contributed by atoms with Crippen LogP contribution in [0, 0.1) is 5.82 Å². The molecule has 0 aliphatic carbocycles. The van der Waals surface area contributed by atoms with Crippen molar-refractivity contribution in [1.29, 1.82) is 0 Å². The van der Waals surface area contributed by atoms with E-state index in [4.69, 9.17) is 4.74 Å². The number of amides is 2. The molecule has 2 N–H and O–H groups in total. The standard InChI is InChI=1S/C22H22FN5O5S/c1-3-33-19-11-18-17(10-16(19)23)24-20(25-18)9-14-8-13-6-4-5-7-15(13)22(30)28(26-14)12-21(29)27-34(2,31)32/h4-7,10-11H,3,8-9,12H2,1-2H3,(H,24,25)(H,27,29). The summed E-state index contributed by atoms with van der Waals surface area (Å²) in [6.07, 6.45) is 1.34. The average molecular weight is 488 g/mol. The second-order valence-corrected chi connectivity index (χ2v) is 9.50. The van der Waals surface area contributed by atoms with Gasteiger partial charge in [0, 0.05) is 30.5 Å². The molecular weight excluding hydrogens is 465 g/mol. The van der Waals surface area contributed by atoms with Gasteiger partial charge in [-0.1, -0.05) is 18.2 Å². The Morgan fingerprint density at radius 3 is 2.79 bits per heavy atom. The molecule has 0 saturated heterocycles. The lowest BCUT2D eigenvalue weighted by Gasteiger charge is -2.16. The minimum atomic E-state index is -3.79. The van der Waals surface area contributed by atoms with Crippen LogP contribution in [-0.2, 0) is 27.7 Å². The van der Waals surface area contributed by atoms with Crippen molar-refractivity contribution in [3.63, 3.8) is 0 Å². The van der Waals surface area contributed by atoms with E-state index in [0.717, 1.165) is 11.3 Å². The molecule has 0 atom stereocenters. The van der Waals surface area contributed by atoms with E-state index in [1.807, 2.05) is 4.72 Å². The van der Waals surface area contributed by atoms with Crippen molar-refractivity contribution in [3.8, 4) is 5.75 Å². The second kappa shape index (κ2) is 9.21. The fourth-order valence-electron chi connectivity index (χ4n) is 3.68. The summed E-state index contributed by atoms with van der Waals surface area (Å²) in [6, 6.07) is 9.69. The third-order valence-electron chi connectivity index (χ3n) is 4.99. The van der Waals surface area contributed by atoms with Crippen LogP contribution in [0.2, 0.25) is 0 Å². The minimum Gasteiger partial charge on any atom is -0.491 e. The van der Waals surface area contributed by atoms with Crippen molar-refractivity contribution in [2.45, 2.75) is 19.8 Å². The molecule has 0 unspecified atom stereocenters. The Kier molecular flexibility index (Phi) is 6.33. The molecule has 1 aliphatic rings. The average Bonchev–Trinajstić information content (AvgIpc) is 3.07. The molecule has 2 aromatic carbocycles. The first-order valence-corrected chi connectivity index (χ1v) is 12.3. The number of sulfonamides is 1. The molecule has 1 aromatic heterocycles. The number of nitrogens with zero attached hydrogens (tertiary/aromatic N) is 3. The molecule has 0 spiro atoms. The number of carbonyl (C=O) groups excluding carboxylic acids is 2. The molecule has 0 saturated carbocycles. The lowest BCUT2D eigenvalue weighted by molar-refractivity contribution is -0.120. The van der Waals surface area contributed by atoms with Gasteiger partial charge in [-0.25, -0.2) is 22.8 Å².